The summed E-state index contributed by atoms with van der Waals surface area (Å²) in [5, 5.41) is 2.87. The van der Waals surface area contributed by atoms with Crippen LogP contribution in [0.15, 0.2) is 47.2 Å². The van der Waals surface area contributed by atoms with Gasteiger partial charge in [-0.1, -0.05) is 15.9 Å². The van der Waals surface area contributed by atoms with Crippen LogP contribution in [0.25, 0.3) is 11.0 Å². The highest BCUT2D eigenvalue weighted by Gasteiger charge is 2.16. The summed E-state index contributed by atoms with van der Waals surface area (Å²) in [5.41, 5.74) is 2.36. The molecule has 24 heavy (non-hydrogen) atoms. The lowest BCUT2D eigenvalue weighted by molar-refractivity contribution is -0.116. The highest BCUT2D eigenvalue weighted by Crippen LogP contribution is 2.34. The van der Waals surface area contributed by atoms with Crippen molar-refractivity contribution in [2.24, 2.45) is 0 Å². The van der Waals surface area contributed by atoms with Crippen LogP contribution >= 0.6 is 15.9 Å². The molecular formula is C17H14BrN3O3. The van der Waals surface area contributed by atoms with Crippen molar-refractivity contribution < 1.29 is 14.3 Å². The smallest absolute Gasteiger partial charge is 0.244 e. The molecule has 2 heterocycles. The maximum absolute atomic E-state index is 12.3. The average Bonchev–Trinajstić information content (AvgIpc) is 2.97. The molecule has 1 aliphatic heterocycles. The molecule has 1 amide bonds. The Morgan fingerprint density at radius 2 is 1.88 bits per heavy atom. The Hall–Kier alpha value is -2.54. The van der Waals surface area contributed by atoms with Gasteiger partial charge in [-0.3, -0.25) is 4.79 Å². The van der Waals surface area contributed by atoms with Gasteiger partial charge in [0.1, 0.15) is 19.8 Å². The summed E-state index contributed by atoms with van der Waals surface area (Å²) < 4.78 is 13.9. The predicted octanol–water partition coefficient (Wildman–Crippen LogP) is 3.21. The van der Waals surface area contributed by atoms with Crippen LogP contribution in [0, 0.1) is 0 Å². The van der Waals surface area contributed by atoms with E-state index in [1.165, 1.54) is 0 Å². The van der Waals surface area contributed by atoms with Crippen molar-refractivity contribution >= 4 is 38.6 Å². The number of ether oxygens (including phenoxy) is 2. The van der Waals surface area contributed by atoms with Gasteiger partial charge in [0.2, 0.25) is 5.91 Å². The van der Waals surface area contributed by atoms with Crippen molar-refractivity contribution in [3.63, 3.8) is 0 Å². The second kappa shape index (κ2) is 6.16. The predicted molar refractivity (Wildman–Crippen MR) is 93.5 cm³/mol. The Bertz CT molecular complexity index is 905. The Morgan fingerprint density at radius 3 is 2.62 bits per heavy atom. The van der Waals surface area contributed by atoms with E-state index in [2.05, 4.69) is 26.2 Å². The van der Waals surface area contributed by atoms with Crippen molar-refractivity contribution in [2.75, 3.05) is 18.5 Å². The van der Waals surface area contributed by atoms with Crippen LogP contribution < -0.4 is 14.8 Å². The molecule has 0 saturated heterocycles. The molecule has 122 valence electrons. The van der Waals surface area contributed by atoms with E-state index in [1.54, 1.807) is 10.9 Å². The standard InChI is InChI=1S/C17H14BrN3O3/c18-11-1-3-12(4-2-11)20-17(22)9-21-10-19-13-7-15-16(8-14(13)21)24-6-5-23-15/h1-4,7-8,10H,5-6,9H2,(H,20,22). The quantitative estimate of drug-likeness (QED) is 0.749. The number of halogens is 1. The number of aromatic nitrogens is 2. The molecule has 7 heteroatoms. The number of amides is 1. The maximum Gasteiger partial charge on any atom is 0.244 e. The Kier molecular flexibility index (Phi) is 3.86. The molecule has 6 nitrogen and oxygen atoms in total. The first-order valence-electron chi connectivity index (χ1n) is 7.49. The van der Waals surface area contributed by atoms with Crippen LogP contribution in [0.3, 0.4) is 0 Å². The number of imidazole rings is 1. The fourth-order valence-electron chi connectivity index (χ4n) is 2.61. The maximum atomic E-state index is 12.3. The number of nitrogens with zero attached hydrogens (tertiary/aromatic N) is 2. The molecule has 4 rings (SSSR count). The fourth-order valence-corrected chi connectivity index (χ4v) is 2.87. The second-order valence-electron chi connectivity index (χ2n) is 5.41. The lowest BCUT2D eigenvalue weighted by Gasteiger charge is -2.18. The molecule has 0 unspecified atom stereocenters. The van der Waals surface area contributed by atoms with Crippen molar-refractivity contribution in [3.8, 4) is 11.5 Å². The van der Waals surface area contributed by atoms with Gasteiger partial charge < -0.3 is 19.4 Å². The number of nitrogens with one attached hydrogen (secondary N) is 1. The highest BCUT2D eigenvalue weighted by atomic mass is 79.9. The van der Waals surface area contributed by atoms with Crippen LogP contribution in [0.1, 0.15) is 0 Å². The molecule has 0 radical (unpaired) electrons. The molecule has 1 N–H and O–H groups in total. The lowest BCUT2D eigenvalue weighted by atomic mass is 10.2. The molecule has 0 spiro atoms. The zero-order valence-corrected chi connectivity index (χ0v) is 14.2. The van der Waals surface area contributed by atoms with E-state index in [1.807, 2.05) is 36.4 Å². The number of anilines is 1. The van der Waals surface area contributed by atoms with Crippen molar-refractivity contribution in [2.45, 2.75) is 6.54 Å². The normalized spacial score (nSPS) is 13.0. The summed E-state index contributed by atoms with van der Waals surface area (Å²) in [6.07, 6.45) is 1.65. The molecule has 0 atom stereocenters. The first-order valence-corrected chi connectivity index (χ1v) is 8.28. The minimum absolute atomic E-state index is 0.119. The van der Waals surface area contributed by atoms with Gasteiger partial charge in [-0.05, 0) is 24.3 Å². The summed E-state index contributed by atoms with van der Waals surface area (Å²) in [6, 6.07) is 11.2. The van der Waals surface area contributed by atoms with Crippen LogP contribution in [-0.4, -0.2) is 28.7 Å². The van der Waals surface area contributed by atoms with Crippen molar-refractivity contribution in [1.82, 2.24) is 9.55 Å². The molecule has 0 fully saturated rings. The summed E-state index contributed by atoms with van der Waals surface area (Å²) in [6.45, 7) is 1.23. The number of carbonyl (C=O) groups is 1. The van der Waals surface area contributed by atoms with Gasteiger partial charge in [-0.25, -0.2) is 4.98 Å². The minimum atomic E-state index is -0.119. The van der Waals surface area contributed by atoms with Gasteiger partial charge in [0.05, 0.1) is 17.4 Å². The number of rotatable bonds is 3. The second-order valence-corrected chi connectivity index (χ2v) is 6.33. The van der Waals surface area contributed by atoms with Crippen LogP contribution in [-0.2, 0) is 11.3 Å². The summed E-state index contributed by atoms with van der Waals surface area (Å²) in [4.78, 5) is 16.6. The van der Waals surface area contributed by atoms with Crippen molar-refractivity contribution in [3.05, 3.63) is 47.2 Å². The molecular weight excluding hydrogens is 374 g/mol. The van der Waals surface area contributed by atoms with E-state index in [0.717, 1.165) is 21.2 Å². The molecule has 0 aliphatic carbocycles. The Balaban J connectivity index is 1.55. The Morgan fingerprint density at radius 1 is 1.17 bits per heavy atom. The average molecular weight is 388 g/mol. The molecule has 1 aliphatic rings. The van der Waals surface area contributed by atoms with Crippen molar-refractivity contribution in [1.29, 1.82) is 0 Å². The summed E-state index contributed by atoms with van der Waals surface area (Å²) in [5.74, 6) is 1.26. The SMILES string of the molecule is O=C(Cn1cnc2cc3c(cc21)OCCO3)Nc1ccc(Br)cc1. The fraction of sp³-hybridized carbons (Fsp3) is 0.176. The number of fused-ring (bicyclic) bond motifs is 2. The van der Waals surface area contributed by atoms with E-state index in [4.69, 9.17) is 9.47 Å². The van der Waals surface area contributed by atoms with Gasteiger partial charge in [0.15, 0.2) is 11.5 Å². The third-order valence-corrected chi connectivity index (χ3v) is 4.26. The molecule has 2 aromatic carbocycles. The lowest BCUT2D eigenvalue weighted by Crippen LogP contribution is -2.18. The zero-order chi connectivity index (χ0) is 16.5. The van der Waals surface area contributed by atoms with Gasteiger partial charge in [0.25, 0.3) is 0 Å². The van der Waals surface area contributed by atoms with E-state index >= 15 is 0 Å². The first-order chi connectivity index (χ1) is 11.7. The molecule has 0 bridgehead atoms. The van der Waals surface area contributed by atoms with Crippen LogP contribution in [0.2, 0.25) is 0 Å². The van der Waals surface area contributed by atoms with Gasteiger partial charge >= 0.3 is 0 Å². The molecule has 3 aromatic rings. The number of hydrogen-bond donors (Lipinski definition) is 1. The van der Waals surface area contributed by atoms with Crippen LogP contribution in [0.4, 0.5) is 5.69 Å². The van der Waals surface area contributed by atoms with Gasteiger partial charge in [-0.15, -0.1) is 0 Å². The van der Waals surface area contributed by atoms with E-state index in [-0.39, 0.29) is 12.5 Å². The summed E-state index contributed by atoms with van der Waals surface area (Å²) in [7, 11) is 0. The largest absolute Gasteiger partial charge is 0.486 e. The van der Waals surface area contributed by atoms with E-state index < -0.39 is 0 Å². The minimum Gasteiger partial charge on any atom is -0.486 e. The number of benzene rings is 2. The van der Waals surface area contributed by atoms with E-state index in [9.17, 15) is 4.79 Å². The zero-order valence-electron chi connectivity index (χ0n) is 12.7. The summed E-state index contributed by atoms with van der Waals surface area (Å²) >= 11 is 3.37. The Labute approximate surface area is 146 Å². The topological polar surface area (TPSA) is 65.4 Å². The number of carbonyl (C=O) groups excluding carboxylic acids is 1. The van der Waals surface area contributed by atoms with E-state index in [0.29, 0.717) is 24.7 Å². The highest BCUT2D eigenvalue weighted by molar-refractivity contribution is 9.10. The monoisotopic (exact) mass is 387 g/mol. The molecule has 0 saturated carbocycles. The number of hydrogen-bond acceptors (Lipinski definition) is 4. The van der Waals surface area contributed by atoms with Gasteiger partial charge in [0, 0.05) is 22.3 Å². The third-order valence-electron chi connectivity index (χ3n) is 3.73. The first kappa shape index (κ1) is 15.0. The van der Waals surface area contributed by atoms with Gasteiger partial charge in [-0.2, -0.15) is 0 Å². The molecule has 1 aromatic heterocycles. The third kappa shape index (κ3) is 2.94. The van der Waals surface area contributed by atoms with Crippen LogP contribution in [0.5, 0.6) is 11.5 Å².